The summed E-state index contributed by atoms with van der Waals surface area (Å²) >= 11 is 1.28. The van der Waals surface area contributed by atoms with Crippen LogP contribution in [0.3, 0.4) is 0 Å². The third-order valence-corrected chi connectivity index (χ3v) is 5.90. The number of hydrogen-bond donors (Lipinski definition) is 0. The van der Waals surface area contributed by atoms with Crippen molar-refractivity contribution in [3.8, 4) is 0 Å². The second-order valence-corrected chi connectivity index (χ2v) is 7.14. The molecule has 0 bridgehead atoms. The van der Waals surface area contributed by atoms with Crippen molar-refractivity contribution >= 4 is 35.0 Å². The van der Waals surface area contributed by atoms with E-state index in [1.54, 1.807) is 24.4 Å². The van der Waals surface area contributed by atoms with E-state index in [0.717, 1.165) is 0 Å². The number of ether oxygens (including phenoxy) is 3. The van der Waals surface area contributed by atoms with E-state index < -0.39 is 46.9 Å². The Balaban J connectivity index is 2.69. The molecule has 7 nitrogen and oxygen atoms in total. The first-order valence-corrected chi connectivity index (χ1v) is 9.30. The van der Waals surface area contributed by atoms with Crippen LogP contribution in [-0.4, -0.2) is 44.5 Å². The van der Waals surface area contributed by atoms with Gasteiger partial charge in [-0.05, 0) is 30.7 Å². The van der Waals surface area contributed by atoms with Crippen LogP contribution in [-0.2, 0) is 33.4 Å². The fourth-order valence-electron chi connectivity index (χ4n) is 3.85. The van der Waals surface area contributed by atoms with Crippen LogP contribution in [0.25, 0.3) is 0 Å². The van der Waals surface area contributed by atoms with Gasteiger partial charge in [0.05, 0.1) is 20.8 Å². The van der Waals surface area contributed by atoms with Crippen molar-refractivity contribution in [2.45, 2.75) is 19.3 Å². The van der Waals surface area contributed by atoms with Crippen LogP contribution < -0.4 is 0 Å². The van der Waals surface area contributed by atoms with Crippen molar-refractivity contribution in [2.24, 2.45) is 17.3 Å². The zero-order valence-electron chi connectivity index (χ0n) is 15.4. The molecule has 146 valence electrons. The molecule has 27 heavy (non-hydrogen) atoms. The van der Waals surface area contributed by atoms with E-state index in [1.807, 2.05) is 0 Å². The van der Waals surface area contributed by atoms with Gasteiger partial charge in [0.25, 0.3) is 0 Å². The number of Topliss-reactive ketones (excluding diaryl/α,β-unsaturated/α-hetero) is 1. The topological polar surface area (TPSA) is 96.0 Å². The lowest BCUT2D eigenvalue weighted by molar-refractivity contribution is -0.170. The maximum atomic E-state index is 12.9. The molecule has 0 N–H and O–H groups in total. The van der Waals surface area contributed by atoms with Gasteiger partial charge >= 0.3 is 17.9 Å². The third-order valence-electron chi connectivity index (χ3n) is 4.94. The molecular formula is C19H22O7S. The number of hydrogen-bond acceptors (Lipinski definition) is 8. The normalized spacial score (nSPS) is 23.3. The highest BCUT2D eigenvalue weighted by molar-refractivity contribution is 7.10. The van der Waals surface area contributed by atoms with Crippen LogP contribution >= 0.6 is 11.3 Å². The number of allylic oxidation sites excluding steroid dienone is 1. The number of methoxy groups -OCH3 is 2. The Kier molecular flexibility index (Phi) is 6.54. The lowest BCUT2D eigenvalue weighted by atomic mass is 9.73. The number of rotatable bonds is 7. The fourth-order valence-corrected chi connectivity index (χ4v) is 4.82. The number of carbonyl (C=O) groups is 4. The highest BCUT2D eigenvalue weighted by atomic mass is 32.1. The molecule has 1 fully saturated rings. The summed E-state index contributed by atoms with van der Waals surface area (Å²) < 4.78 is 14.7. The largest absolute Gasteiger partial charge is 0.468 e. The molecule has 2 rings (SSSR count). The van der Waals surface area contributed by atoms with Gasteiger partial charge in [-0.1, -0.05) is 12.1 Å². The van der Waals surface area contributed by atoms with Gasteiger partial charge in [-0.25, -0.2) is 4.79 Å². The second kappa shape index (κ2) is 8.47. The molecule has 0 radical (unpaired) electrons. The SMILES string of the molecule is C=C[C@H]1CC(C(=O)OC)(C(=O)OC)[C@H](c2cccs2)[C@H]1C(=O)C(=O)OCC. The molecule has 1 aromatic heterocycles. The van der Waals surface area contributed by atoms with Crippen molar-refractivity contribution < 1.29 is 33.4 Å². The van der Waals surface area contributed by atoms with Gasteiger partial charge in [-0.3, -0.25) is 14.4 Å². The van der Waals surface area contributed by atoms with Gasteiger partial charge in [0.1, 0.15) is 0 Å². The molecule has 1 aromatic rings. The van der Waals surface area contributed by atoms with Gasteiger partial charge in [0, 0.05) is 16.7 Å². The Hall–Kier alpha value is -2.48. The smallest absolute Gasteiger partial charge is 0.374 e. The summed E-state index contributed by atoms with van der Waals surface area (Å²) in [7, 11) is 2.34. The Morgan fingerprint density at radius 1 is 1.26 bits per heavy atom. The first-order valence-electron chi connectivity index (χ1n) is 8.42. The summed E-state index contributed by atoms with van der Waals surface area (Å²) in [5, 5.41) is 1.77. The zero-order chi connectivity index (χ0) is 20.2. The van der Waals surface area contributed by atoms with E-state index in [1.165, 1.54) is 31.6 Å². The molecule has 0 aliphatic heterocycles. The van der Waals surface area contributed by atoms with Crippen molar-refractivity contribution in [2.75, 3.05) is 20.8 Å². The number of esters is 3. The van der Waals surface area contributed by atoms with Crippen LogP contribution in [0.15, 0.2) is 30.2 Å². The van der Waals surface area contributed by atoms with E-state index in [-0.39, 0.29) is 13.0 Å². The summed E-state index contributed by atoms with van der Waals surface area (Å²) in [4.78, 5) is 51.2. The van der Waals surface area contributed by atoms with E-state index in [4.69, 9.17) is 14.2 Å². The lowest BCUT2D eigenvalue weighted by Gasteiger charge is -2.31. The second-order valence-electron chi connectivity index (χ2n) is 6.16. The zero-order valence-corrected chi connectivity index (χ0v) is 16.2. The highest BCUT2D eigenvalue weighted by Crippen LogP contribution is 2.58. The van der Waals surface area contributed by atoms with Crippen molar-refractivity contribution in [1.82, 2.24) is 0 Å². The van der Waals surface area contributed by atoms with E-state index >= 15 is 0 Å². The van der Waals surface area contributed by atoms with E-state index in [0.29, 0.717) is 4.88 Å². The van der Waals surface area contributed by atoms with Gasteiger partial charge in [-0.2, -0.15) is 0 Å². The molecule has 1 saturated carbocycles. The van der Waals surface area contributed by atoms with Gasteiger partial charge < -0.3 is 14.2 Å². The summed E-state index contributed by atoms with van der Waals surface area (Å²) in [6, 6.07) is 3.46. The summed E-state index contributed by atoms with van der Waals surface area (Å²) in [6.07, 6.45) is 1.43. The molecule has 0 spiro atoms. The maximum Gasteiger partial charge on any atom is 0.374 e. The Morgan fingerprint density at radius 2 is 1.89 bits per heavy atom. The summed E-state index contributed by atoms with van der Waals surface area (Å²) in [5.74, 6) is -5.92. The first-order chi connectivity index (χ1) is 12.9. The van der Waals surface area contributed by atoms with E-state index in [2.05, 4.69) is 6.58 Å². The minimum Gasteiger partial charge on any atom is -0.468 e. The average Bonchev–Trinajstić information content (AvgIpc) is 3.31. The van der Waals surface area contributed by atoms with Crippen molar-refractivity contribution in [3.63, 3.8) is 0 Å². The molecule has 0 amide bonds. The third kappa shape index (κ3) is 3.41. The molecule has 0 aromatic carbocycles. The van der Waals surface area contributed by atoms with Gasteiger partial charge in [0.2, 0.25) is 5.78 Å². The average molecular weight is 394 g/mol. The van der Waals surface area contributed by atoms with Crippen molar-refractivity contribution in [3.05, 3.63) is 35.0 Å². The predicted octanol–water partition coefficient (Wildman–Crippen LogP) is 2.12. The molecule has 0 saturated heterocycles. The molecular weight excluding hydrogens is 372 g/mol. The predicted molar refractivity (Wildman–Crippen MR) is 97.0 cm³/mol. The molecule has 1 heterocycles. The number of carbonyl (C=O) groups excluding carboxylic acids is 4. The van der Waals surface area contributed by atoms with Crippen LogP contribution in [0.5, 0.6) is 0 Å². The number of ketones is 1. The van der Waals surface area contributed by atoms with Crippen LogP contribution in [0.1, 0.15) is 24.1 Å². The molecule has 1 aliphatic carbocycles. The van der Waals surface area contributed by atoms with Crippen molar-refractivity contribution in [1.29, 1.82) is 0 Å². The van der Waals surface area contributed by atoms with Crippen LogP contribution in [0.2, 0.25) is 0 Å². The van der Waals surface area contributed by atoms with Crippen LogP contribution in [0.4, 0.5) is 0 Å². The molecule has 8 heteroatoms. The van der Waals surface area contributed by atoms with Gasteiger partial charge in [-0.15, -0.1) is 17.9 Å². The standard InChI is InChI=1S/C19H22O7S/c1-5-11-10-19(17(22)24-3,18(23)25-4)14(12-8-7-9-27-12)13(11)15(20)16(21)26-6-2/h5,7-9,11,13-14H,1,6,10H2,2-4H3/t11-,13-,14+/m0/s1. The van der Waals surface area contributed by atoms with Crippen LogP contribution in [0, 0.1) is 17.3 Å². The highest BCUT2D eigenvalue weighted by Gasteiger charge is 2.66. The Labute approximate surface area is 161 Å². The Morgan fingerprint density at radius 3 is 2.33 bits per heavy atom. The van der Waals surface area contributed by atoms with E-state index in [9.17, 15) is 19.2 Å². The van der Waals surface area contributed by atoms with Gasteiger partial charge in [0.15, 0.2) is 5.41 Å². The molecule has 3 atom stereocenters. The minimum absolute atomic E-state index is 0.0405. The quantitative estimate of drug-likeness (QED) is 0.230. The monoisotopic (exact) mass is 394 g/mol. The lowest BCUT2D eigenvalue weighted by Crippen LogP contribution is -2.45. The maximum absolute atomic E-state index is 12.9. The molecule has 0 unspecified atom stereocenters. The summed E-state index contributed by atoms with van der Waals surface area (Å²) in [6.45, 7) is 5.36. The summed E-state index contributed by atoms with van der Waals surface area (Å²) in [5.41, 5.74) is -1.75. The molecule has 1 aliphatic rings. The Bertz CT molecular complexity index is 721. The minimum atomic E-state index is -1.75. The number of thiophene rings is 1. The first kappa shape index (κ1) is 20.8. The fraction of sp³-hybridized carbons (Fsp3) is 0.474.